The molecule has 0 bridgehead atoms. The highest BCUT2D eigenvalue weighted by atomic mass is 19.1. The van der Waals surface area contributed by atoms with Crippen LogP contribution in [0, 0.1) is 11.7 Å². The number of halogens is 1. The van der Waals surface area contributed by atoms with E-state index in [1.165, 1.54) is 7.11 Å². The van der Waals surface area contributed by atoms with Gasteiger partial charge in [-0.05, 0) is 30.4 Å². The monoisotopic (exact) mass is 498 g/mol. The van der Waals surface area contributed by atoms with E-state index in [-0.39, 0.29) is 24.3 Å². The fourth-order valence-corrected chi connectivity index (χ4v) is 5.03. The number of hydrogen-bond donors (Lipinski definition) is 2. The predicted molar refractivity (Wildman–Crippen MR) is 140 cm³/mol. The molecule has 0 spiro atoms. The average molecular weight is 499 g/mol. The van der Waals surface area contributed by atoms with Crippen LogP contribution in [0.5, 0.6) is 5.75 Å². The average Bonchev–Trinajstić information content (AvgIpc) is 3.50. The molecule has 6 rings (SSSR count). The lowest BCUT2D eigenvalue weighted by atomic mass is 9.81. The Morgan fingerprint density at radius 2 is 1.92 bits per heavy atom. The Morgan fingerprint density at radius 1 is 1.11 bits per heavy atom. The molecule has 0 aliphatic heterocycles. The molecule has 1 aliphatic rings. The minimum absolute atomic E-state index is 0.167. The number of nitrogens with zero attached hydrogens (tertiary/aromatic N) is 5. The van der Waals surface area contributed by atoms with Gasteiger partial charge in [-0.15, -0.1) is 5.10 Å². The van der Waals surface area contributed by atoms with Crippen LogP contribution in [-0.4, -0.2) is 49.0 Å². The zero-order chi connectivity index (χ0) is 25.5. The fourth-order valence-electron chi connectivity index (χ4n) is 5.03. The molecule has 5 aromatic rings. The fraction of sp³-hybridized carbons (Fsp3) is 0.250. The van der Waals surface area contributed by atoms with Crippen LogP contribution in [0.3, 0.4) is 0 Å². The molecule has 2 N–H and O–H groups in total. The van der Waals surface area contributed by atoms with Gasteiger partial charge in [0, 0.05) is 55.0 Å². The third-order valence-corrected chi connectivity index (χ3v) is 7.02. The molecule has 188 valence electrons. The Kier molecular flexibility index (Phi) is 5.84. The third-order valence-electron chi connectivity index (χ3n) is 7.02. The van der Waals surface area contributed by atoms with Crippen LogP contribution >= 0.6 is 0 Å². The van der Waals surface area contributed by atoms with E-state index < -0.39 is 5.82 Å². The summed E-state index contributed by atoms with van der Waals surface area (Å²) < 4.78 is 24.5. The summed E-state index contributed by atoms with van der Waals surface area (Å²) in [6, 6.07) is 15.2. The van der Waals surface area contributed by atoms with Crippen LogP contribution < -0.4 is 10.1 Å². The Bertz CT molecular complexity index is 1570. The second kappa shape index (κ2) is 9.33. The summed E-state index contributed by atoms with van der Waals surface area (Å²) in [4.78, 5) is 9.36. The molecule has 0 atom stereocenters. The van der Waals surface area contributed by atoms with Crippen LogP contribution in [-0.2, 0) is 7.05 Å². The van der Waals surface area contributed by atoms with Gasteiger partial charge >= 0.3 is 0 Å². The van der Waals surface area contributed by atoms with Gasteiger partial charge in [-0.25, -0.2) is 18.9 Å². The first-order valence-corrected chi connectivity index (χ1v) is 12.2. The van der Waals surface area contributed by atoms with Crippen LogP contribution in [0.15, 0.2) is 67.1 Å². The Hall–Kier alpha value is -4.24. The van der Waals surface area contributed by atoms with E-state index in [4.69, 9.17) is 14.8 Å². The van der Waals surface area contributed by atoms with Gasteiger partial charge in [0.1, 0.15) is 5.52 Å². The zero-order valence-corrected chi connectivity index (χ0v) is 20.6. The van der Waals surface area contributed by atoms with Crippen molar-refractivity contribution in [3.8, 4) is 39.7 Å². The summed E-state index contributed by atoms with van der Waals surface area (Å²) >= 11 is 0. The maximum absolute atomic E-state index is 15.6. The SMILES string of the molecule is COc1cccc(-c2cn3nc(-c4nccn4C)nc(NC4CC(CO)C4)c3c2-c2ccccc2)c1F. The summed E-state index contributed by atoms with van der Waals surface area (Å²) in [7, 11) is 3.35. The normalized spacial score (nSPS) is 17.1. The number of imidazole rings is 1. The first kappa shape index (κ1) is 23.2. The topological polar surface area (TPSA) is 89.5 Å². The van der Waals surface area contributed by atoms with Crippen molar-refractivity contribution in [3.63, 3.8) is 0 Å². The van der Waals surface area contributed by atoms with Crippen LogP contribution in [0.2, 0.25) is 0 Å². The van der Waals surface area contributed by atoms with Crippen molar-refractivity contribution in [1.29, 1.82) is 0 Å². The molecule has 37 heavy (non-hydrogen) atoms. The maximum atomic E-state index is 15.6. The molecular formula is C28H27FN6O2. The van der Waals surface area contributed by atoms with Crippen molar-refractivity contribution >= 4 is 11.3 Å². The second-order valence-corrected chi connectivity index (χ2v) is 9.41. The van der Waals surface area contributed by atoms with E-state index in [2.05, 4.69) is 10.3 Å². The van der Waals surface area contributed by atoms with E-state index in [1.807, 2.05) is 54.3 Å². The van der Waals surface area contributed by atoms with Gasteiger partial charge in [0.2, 0.25) is 5.82 Å². The lowest BCUT2D eigenvalue weighted by Crippen LogP contribution is -2.37. The quantitative estimate of drug-likeness (QED) is 0.335. The van der Waals surface area contributed by atoms with Crippen LogP contribution in [0.25, 0.3) is 39.4 Å². The zero-order valence-electron chi connectivity index (χ0n) is 20.6. The standard InChI is InChI=1S/C28H27FN6O2/c1-34-12-11-30-28(34)27-32-26(31-19-13-17(14-19)16-36)25-23(18-7-4-3-5-8-18)21(15-35(25)33-27)20-9-6-10-22(37-2)24(20)29/h3-12,15,17,19,36H,13-14,16H2,1-2H3,(H,31,32,33). The smallest absolute Gasteiger partial charge is 0.218 e. The van der Waals surface area contributed by atoms with E-state index in [1.54, 1.807) is 28.9 Å². The number of aliphatic hydroxyl groups excluding tert-OH is 1. The highest BCUT2D eigenvalue weighted by Gasteiger charge is 2.31. The molecule has 1 aliphatic carbocycles. The first-order valence-electron chi connectivity index (χ1n) is 12.2. The highest BCUT2D eigenvalue weighted by molar-refractivity contribution is 5.99. The number of ether oxygens (including phenoxy) is 1. The van der Waals surface area contributed by atoms with E-state index in [0.29, 0.717) is 28.6 Å². The minimum atomic E-state index is -0.435. The van der Waals surface area contributed by atoms with Gasteiger partial charge in [-0.2, -0.15) is 0 Å². The first-order chi connectivity index (χ1) is 18.1. The molecule has 0 radical (unpaired) electrons. The molecular weight excluding hydrogens is 471 g/mol. The van der Waals surface area contributed by atoms with E-state index in [0.717, 1.165) is 29.5 Å². The summed E-state index contributed by atoms with van der Waals surface area (Å²) in [5.74, 6) is 1.74. The van der Waals surface area contributed by atoms with Crippen molar-refractivity contribution in [3.05, 3.63) is 72.9 Å². The number of aryl methyl sites for hydroxylation is 1. The van der Waals surface area contributed by atoms with Crippen molar-refractivity contribution in [2.24, 2.45) is 13.0 Å². The number of rotatable bonds is 7. The number of aliphatic hydroxyl groups is 1. The van der Waals surface area contributed by atoms with Gasteiger partial charge in [-0.1, -0.05) is 42.5 Å². The summed E-state index contributed by atoms with van der Waals surface area (Å²) in [6.45, 7) is 0.176. The summed E-state index contributed by atoms with van der Waals surface area (Å²) in [5, 5.41) is 17.9. The Labute approximate surface area is 213 Å². The molecule has 2 aromatic carbocycles. The number of hydrogen-bond acceptors (Lipinski definition) is 6. The number of nitrogens with one attached hydrogen (secondary N) is 1. The van der Waals surface area contributed by atoms with Crippen molar-refractivity contribution in [2.75, 3.05) is 19.0 Å². The second-order valence-electron chi connectivity index (χ2n) is 9.41. The van der Waals surface area contributed by atoms with Gasteiger partial charge in [0.05, 0.1) is 7.11 Å². The molecule has 0 amide bonds. The molecule has 3 aromatic heterocycles. The number of benzene rings is 2. The maximum Gasteiger partial charge on any atom is 0.218 e. The van der Waals surface area contributed by atoms with Gasteiger partial charge in [0.25, 0.3) is 0 Å². The Balaban J connectivity index is 1.63. The van der Waals surface area contributed by atoms with Crippen molar-refractivity contribution < 1.29 is 14.2 Å². The van der Waals surface area contributed by atoms with Crippen molar-refractivity contribution in [1.82, 2.24) is 24.1 Å². The van der Waals surface area contributed by atoms with Gasteiger partial charge in [0.15, 0.2) is 23.2 Å². The number of aromatic nitrogens is 5. The molecule has 8 nitrogen and oxygen atoms in total. The number of anilines is 1. The van der Waals surface area contributed by atoms with Crippen LogP contribution in [0.1, 0.15) is 12.8 Å². The Morgan fingerprint density at radius 3 is 2.62 bits per heavy atom. The summed E-state index contributed by atoms with van der Waals surface area (Å²) in [6.07, 6.45) is 7.09. The molecule has 1 saturated carbocycles. The van der Waals surface area contributed by atoms with Crippen molar-refractivity contribution in [2.45, 2.75) is 18.9 Å². The third kappa shape index (κ3) is 4.01. The molecule has 0 saturated heterocycles. The lowest BCUT2D eigenvalue weighted by Gasteiger charge is -2.35. The molecule has 1 fully saturated rings. The molecule has 0 unspecified atom stereocenters. The number of fused-ring (bicyclic) bond motifs is 1. The lowest BCUT2D eigenvalue weighted by molar-refractivity contribution is 0.151. The predicted octanol–water partition coefficient (Wildman–Crippen LogP) is 4.79. The number of methoxy groups -OCH3 is 1. The van der Waals surface area contributed by atoms with Gasteiger partial charge < -0.3 is 19.7 Å². The summed E-state index contributed by atoms with van der Waals surface area (Å²) in [5.41, 5.74) is 3.57. The van der Waals surface area contributed by atoms with Crippen LogP contribution in [0.4, 0.5) is 10.2 Å². The largest absolute Gasteiger partial charge is 0.494 e. The van der Waals surface area contributed by atoms with E-state index >= 15 is 4.39 Å². The highest BCUT2D eigenvalue weighted by Crippen LogP contribution is 2.42. The molecule has 9 heteroatoms. The minimum Gasteiger partial charge on any atom is -0.494 e. The van der Waals surface area contributed by atoms with E-state index in [9.17, 15) is 5.11 Å². The molecule has 3 heterocycles. The van der Waals surface area contributed by atoms with Gasteiger partial charge in [-0.3, -0.25) is 0 Å².